The number of rotatable bonds is 5. The molecule has 20 heavy (non-hydrogen) atoms. The van der Waals surface area contributed by atoms with E-state index in [0.29, 0.717) is 19.7 Å². The van der Waals surface area contributed by atoms with Crippen molar-refractivity contribution < 1.29 is 17.9 Å². The molecule has 116 valence electrons. The van der Waals surface area contributed by atoms with E-state index in [1.807, 2.05) is 11.8 Å². The Bertz CT molecular complexity index is 475. The molecule has 2 aliphatic rings. The first-order valence-electron chi connectivity index (χ1n) is 7.19. The number of ether oxygens (including phenoxy) is 1. The van der Waals surface area contributed by atoms with E-state index >= 15 is 0 Å². The molecule has 1 heterocycles. The fourth-order valence-corrected chi connectivity index (χ4v) is 4.45. The molecule has 1 saturated heterocycles. The van der Waals surface area contributed by atoms with Gasteiger partial charge < -0.3 is 10.5 Å². The number of nitrogens with two attached hydrogens (primary N) is 1. The van der Waals surface area contributed by atoms with Crippen molar-refractivity contribution in [3.8, 4) is 0 Å². The molecule has 7 heteroatoms. The van der Waals surface area contributed by atoms with E-state index < -0.39 is 15.4 Å². The number of carbonyl (C=O) groups is 1. The third kappa shape index (κ3) is 3.32. The number of carbonyl (C=O) groups excluding carboxylic acids is 1. The lowest BCUT2D eigenvalue weighted by atomic mass is 9.93. The highest BCUT2D eigenvalue weighted by Gasteiger charge is 2.51. The van der Waals surface area contributed by atoms with Crippen LogP contribution in [0.5, 0.6) is 0 Å². The largest absolute Gasteiger partial charge is 0.465 e. The topological polar surface area (TPSA) is 89.7 Å². The lowest BCUT2D eigenvalue weighted by Crippen LogP contribution is -2.62. The Kier molecular flexibility index (Phi) is 4.41. The molecule has 2 rings (SSSR count). The predicted octanol–water partition coefficient (Wildman–Crippen LogP) is -0.224. The van der Waals surface area contributed by atoms with E-state index in [1.165, 1.54) is 0 Å². The molecule has 2 N–H and O–H groups in total. The number of hydrogen-bond donors (Lipinski definition) is 1. The van der Waals surface area contributed by atoms with Crippen LogP contribution < -0.4 is 5.73 Å². The molecule has 0 amide bonds. The van der Waals surface area contributed by atoms with Gasteiger partial charge in [-0.1, -0.05) is 0 Å². The minimum Gasteiger partial charge on any atom is -0.465 e. The van der Waals surface area contributed by atoms with Crippen LogP contribution in [0.15, 0.2) is 0 Å². The quantitative estimate of drug-likeness (QED) is 0.706. The highest BCUT2D eigenvalue weighted by molar-refractivity contribution is 7.91. The van der Waals surface area contributed by atoms with Crippen molar-refractivity contribution in [1.82, 2.24) is 4.90 Å². The van der Waals surface area contributed by atoms with Crippen molar-refractivity contribution in [1.29, 1.82) is 0 Å². The van der Waals surface area contributed by atoms with Gasteiger partial charge in [-0.15, -0.1) is 0 Å². The van der Waals surface area contributed by atoms with Crippen LogP contribution in [0.1, 0.15) is 26.7 Å². The van der Waals surface area contributed by atoms with Gasteiger partial charge in [0.05, 0.1) is 18.1 Å². The highest BCUT2D eigenvalue weighted by Crippen LogP contribution is 2.40. The van der Waals surface area contributed by atoms with Crippen molar-refractivity contribution >= 4 is 15.8 Å². The third-order valence-electron chi connectivity index (χ3n) is 4.23. The smallest absolute Gasteiger partial charge is 0.327 e. The number of hydrogen-bond acceptors (Lipinski definition) is 6. The molecule has 6 nitrogen and oxygen atoms in total. The zero-order valence-corrected chi connectivity index (χ0v) is 13.0. The second-order valence-corrected chi connectivity index (χ2v) is 8.20. The van der Waals surface area contributed by atoms with Crippen LogP contribution in [0, 0.1) is 5.92 Å². The summed E-state index contributed by atoms with van der Waals surface area (Å²) in [7, 11) is -2.95. The number of sulfone groups is 1. The maximum atomic E-state index is 12.2. The van der Waals surface area contributed by atoms with Crippen LogP contribution in [-0.4, -0.2) is 62.1 Å². The number of nitrogens with zero attached hydrogens (tertiary/aromatic N) is 1. The summed E-state index contributed by atoms with van der Waals surface area (Å²) in [5, 5.41) is 0. The maximum absolute atomic E-state index is 12.2. The van der Waals surface area contributed by atoms with Gasteiger partial charge in [-0.25, -0.2) is 13.2 Å². The summed E-state index contributed by atoms with van der Waals surface area (Å²) in [6, 6.07) is -0.107. The summed E-state index contributed by atoms with van der Waals surface area (Å²) < 4.78 is 28.3. The average Bonchev–Trinajstić information content (AvgIpc) is 3.16. The van der Waals surface area contributed by atoms with Gasteiger partial charge in [0.2, 0.25) is 0 Å². The van der Waals surface area contributed by atoms with E-state index in [0.717, 1.165) is 12.8 Å². The van der Waals surface area contributed by atoms with Crippen LogP contribution >= 0.6 is 0 Å². The second-order valence-electron chi connectivity index (χ2n) is 5.97. The summed E-state index contributed by atoms with van der Waals surface area (Å²) in [5.41, 5.74) is 5.33. The Morgan fingerprint density at radius 2 is 2.10 bits per heavy atom. The normalized spacial score (nSPS) is 29.6. The van der Waals surface area contributed by atoms with E-state index in [-0.39, 0.29) is 29.4 Å². The van der Waals surface area contributed by atoms with Crippen molar-refractivity contribution in [2.45, 2.75) is 38.3 Å². The Balaban J connectivity index is 2.07. The monoisotopic (exact) mass is 304 g/mol. The van der Waals surface area contributed by atoms with Gasteiger partial charge in [0.15, 0.2) is 9.84 Å². The second kappa shape index (κ2) is 5.61. The third-order valence-corrected chi connectivity index (χ3v) is 6.03. The van der Waals surface area contributed by atoms with E-state index in [1.54, 1.807) is 6.92 Å². The summed E-state index contributed by atoms with van der Waals surface area (Å²) in [6.45, 7) is 4.77. The summed E-state index contributed by atoms with van der Waals surface area (Å²) in [4.78, 5) is 14.2. The molecule has 1 saturated carbocycles. The maximum Gasteiger partial charge on any atom is 0.327 e. The van der Waals surface area contributed by atoms with Gasteiger partial charge in [0.1, 0.15) is 5.54 Å². The van der Waals surface area contributed by atoms with Crippen molar-refractivity contribution in [3.63, 3.8) is 0 Å². The van der Waals surface area contributed by atoms with Crippen LogP contribution in [-0.2, 0) is 19.4 Å². The lowest BCUT2D eigenvalue weighted by Gasteiger charge is -2.39. The van der Waals surface area contributed by atoms with Crippen molar-refractivity contribution in [2.24, 2.45) is 11.7 Å². The molecule has 0 aromatic rings. The Morgan fingerprint density at radius 3 is 2.60 bits per heavy atom. The SMILES string of the molecule is CCOC(=O)C(N)(CN1CCS(=O)(=O)CC1C)C1CC1. The fraction of sp³-hybridized carbons (Fsp3) is 0.923. The predicted molar refractivity (Wildman–Crippen MR) is 76.0 cm³/mol. The Hall–Kier alpha value is -0.660. The molecule has 0 aromatic heterocycles. The molecular weight excluding hydrogens is 280 g/mol. The minimum atomic E-state index is -2.95. The van der Waals surface area contributed by atoms with Gasteiger partial charge in [0.25, 0.3) is 0 Å². The molecule has 0 radical (unpaired) electrons. The van der Waals surface area contributed by atoms with Gasteiger partial charge >= 0.3 is 5.97 Å². The standard InChI is InChI=1S/C13H24N2O4S/c1-3-19-12(16)13(14,11-4-5-11)9-15-6-7-20(17,18)8-10(15)2/h10-11H,3-9,14H2,1-2H3. The molecule has 0 aromatic carbocycles. The van der Waals surface area contributed by atoms with Gasteiger partial charge in [0, 0.05) is 19.1 Å². The van der Waals surface area contributed by atoms with E-state index in [2.05, 4.69) is 0 Å². The molecule has 0 spiro atoms. The summed E-state index contributed by atoms with van der Waals surface area (Å²) in [5.74, 6) is 0.0766. The summed E-state index contributed by atoms with van der Waals surface area (Å²) in [6.07, 6.45) is 1.88. The number of esters is 1. The fourth-order valence-electron chi connectivity index (χ4n) is 2.83. The summed E-state index contributed by atoms with van der Waals surface area (Å²) >= 11 is 0. The molecule has 2 fully saturated rings. The molecule has 0 bridgehead atoms. The highest BCUT2D eigenvalue weighted by atomic mass is 32.2. The molecule has 2 unspecified atom stereocenters. The Labute approximate surface area is 120 Å². The van der Waals surface area contributed by atoms with Gasteiger partial charge in [-0.3, -0.25) is 4.90 Å². The zero-order chi connectivity index (χ0) is 15.0. The lowest BCUT2D eigenvalue weighted by molar-refractivity contribution is -0.151. The first-order chi connectivity index (χ1) is 9.28. The van der Waals surface area contributed by atoms with Crippen molar-refractivity contribution in [3.05, 3.63) is 0 Å². The van der Waals surface area contributed by atoms with Crippen LogP contribution in [0.3, 0.4) is 0 Å². The van der Waals surface area contributed by atoms with Gasteiger partial charge in [-0.05, 0) is 32.6 Å². The van der Waals surface area contributed by atoms with Crippen molar-refractivity contribution in [2.75, 3.05) is 31.2 Å². The first-order valence-corrected chi connectivity index (χ1v) is 9.01. The average molecular weight is 304 g/mol. The first kappa shape index (κ1) is 15.7. The minimum absolute atomic E-state index is 0.107. The van der Waals surface area contributed by atoms with Gasteiger partial charge in [-0.2, -0.15) is 0 Å². The molecular formula is C13H24N2O4S. The van der Waals surface area contributed by atoms with E-state index in [9.17, 15) is 13.2 Å². The van der Waals surface area contributed by atoms with E-state index in [4.69, 9.17) is 10.5 Å². The Morgan fingerprint density at radius 1 is 1.45 bits per heavy atom. The van der Waals surface area contributed by atoms with Crippen LogP contribution in [0.25, 0.3) is 0 Å². The molecule has 1 aliphatic carbocycles. The van der Waals surface area contributed by atoms with Crippen LogP contribution in [0.2, 0.25) is 0 Å². The molecule has 2 atom stereocenters. The molecule has 1 aliphatic heterocycles. The zero-order valence-electron chi connectivity index (χ0n) is 12.2. The van der Waals surface area contributed by atoms with Crippen LogP contribution in [0.4, 0.5) is 0 Å².